The number of rotatable bonds is 5. The Balaban J connectivity index is 1.48. The van der Waals surface area contributed by atoms with Crippen LogP contribution in [0.5, 0.6) is 0 Å². The molecule has 1 aliphatic carbocycles. The first-order valence-electron chi connectivity index (χ1n) is 9.51. The number of aryl methyl sites for hydroxylation is 1. The first kappa shape index (κ1) is 18.9. The minimum absolute atomic E-state index is 0.0340. The monoisotopic (exact) mass is 400 g/mol. The Morgan fingerprint density at radius 3 is 2.39 bits per heavy atom. The fraction of sp³-hybridized carbons (Fsp3) is 0.400. The quantitative estimate of drug-likeness (QED) is 0.828. The molecular weight excluding hydrogens is 376 g/mol. The third-order valence-corrected chi connectivity index (χ3v) is 6.76. The van der Waals surface area contributed by atoms with Crippen LogP contribution in [0.3, 0.4) is 0 Å². The Bertz CT molecular complexity index is 966. The molecular formula is C20H24N4O3S. The summed E-state index contributed by atoms with van der Waals surface area (Å²) in [6.45, 7) is 4.49. The van der Waals surface area contributed by atoms with E-state index in [1.54, 1.807) is 29.4 Å². The van der Waals surface area contributed by atoms with E-state index < -0.39 is 10.0 Å². The van der Waals surface area contributed by atoms with Gasteiger partial charge in [0, 0.05) is 55.9 Å². The normalized spacial score (nSPS) is 17.6. The van der Waals surface area contributed by atoms with Gasteiger partial charge in [-0.2, -0.15) is 0 Å². The number of carbonyl (C=O) groups excluding carboxylic acids is 1. The van der Waals surface area contributed by atoms with Gasteiger partial charge in [-0.1, -0.05) is 6.07 Å². The molecule has 1 aromatic carbocycles. The van der Waals surface area contributed by atoms with Gasteiger partial charge in [-0.25, -0.2) is 13.1 Å². The van der Waals surface area contributed by atoms with Gasteiger partial charge >= 0.3 is 0 Å². The van der Waals surface area contributed by atoms with E-state index in [-0.39, 0.29) is 16.8 Å². The number of carbonyl (C=O) groups is 1. The summed E-state index contributed by atoms with van der Waals surface area (Å²) in [5.41, 5.74) is 2.33. The molecule has 0 spiro atoms. The van der Waals surface area contributed by atoms with Crippen molar-refractivity contribution in [3.8, 4) is 0 Å². The standard InChI is InChI=1S/C20H24N4O3S/c1-15-2-5-18(28(26,27)22-16-3-4-16)14-19(15)20(25)24-12-10-23(11-13-24)17-6-8-21-9-7-17/h2,5-9,14,16,22H,3-4,10-13H2,1H3. The number of benzene rings is 1. The Morgan fingerprint density at radius 1 is 1.07 bits per heavy atom. The fourth-order valence-electron chi connectivity index (χ4n) is 3.38. The molecule has 0 radical (unpaired) electrons. The number of nitrogens with zero attached hydrogens (tertiary/aromatic N) is 3. The second kappa shape index (κ2) is 7.52. The topological polar surface area (TPSA) is 82.6 Å². The fourth-order valence-corrected chi connectivity index (χ4v) is 4.71. The van der Waals surface area contributed by atoms with E-state index in [0.717, 1.165) is 37.2 Å². The van der Waals surface area contributed by atoms with Crippen LogP contribution in [0, 0.1) is 6.92 Å². The first-order valence-corrected chi connectivity index (χ1v) is 11.0. The van der Waals surface area contributed by atoms with E-state index in [0.29, 0.717) is 18.7 Å². The first-order chi connectivity index (χ1) is 13.4. The van der Waals surface area contributed by atoms with Crippen molar-refractivity contribution in [2.24, 2.45) is 0 Å². The summed E-state index contributed by atoms with van der Waals surface area (Å²) in [5.74, 6) is -0.115. The molecule has 1 saturated carbocycles. The second-order valence-electron chi connectivity index (χ2n) is 7.36. The molecule has 1 aromatic heterocycles. The number of piperazine rings is 1. The molecule has 0 bridgehead atoms. The van der Waals surface area contributed by atoms with Crippen molar-refractivity contribution in [3.63, 3.8) is 0 Å². The van der Waals surface area contributed by atoms with E-state index in [4.69, 9.17) is 0 Å². The molecule has 2 fully saturated rings. The highest BCUT2D eigenvalue weighted by atomic mass is 32.2. The maximum atomic E-state index is 13.1. The molecule has 1 saturated heterocycles. The van der Waals surface area contributed by atoms with E-state index in [1.807, 2.05) is 19.1 Å². The van der Waals surface area contributed by atoms with Gasteiger partial charge in [0.1, 0.15) is 0 Å². The van der Waals surface area contributed by atoms with Crippen LogP contribution in [0.25, 0.3) is 0 Å². The number of pyridine rings is 1. The van der Waals surface area contributed by atoms with Crippen molar-refractivity contribution in [2.45, 2.75) is 30.7 Å². The minimum Gasteiger partial charge on any atom is -0.368 e. The highest BCUT2D eigenvalue weighted by Crippen LogP contribution is 2.24. The molecule has 7 nitrogen and oxygen atoms in total. The molecule has 0 unspecified atom stereocenters. The number of amides is 1. The van der Waals surface area contributed by atoms with Gasteiger partial charge in [-0.15, -0.1) is 0 Å². The number of hydrogen-bond acceptors (Lipinski definition) is 5. The molecule has 4 rings (SSSR count). The van der Waals surface area contributed by atoms with Crippen LogP contribution in [0.2, 0.25) is 0 Å². The zero-order valence-electron chi connectivity index (χ0n) is 15.8. The maximum absolute atomic E-state index is 13.1. The van der Waals surface area contributed by atoms with E-state index >= 15 is 0 Å². The van der Waals surface area contributed by atoms with Gasteiger partial charge in [-0.05, 0) is 49.6 Å². The molecule has 0 atom stereocenters. The summed E-state index contributed by atoms with van der Waals surface area (Å²) in [4.78, 5) is 21.3. The van der Waals surface area contributed by atoms with Crippen LogP contribution in [-0.4, -0.2) is 56.4 Å². The number of sulfonamides is 1. The summed E-state index contributed by atoms with van der Waals surface area (Å²) in [5, 5.41) is 0. The maximum Gasteiger partial charge on any atom is 0.254 e. The zero-order chi connectivity index (χ0) is 19.7. The summed E-state index contributed by atoms with van der Waals surface area (Å²) in [6, 6.07) is 8.75. The predicted octanol–water partition coefficient (Wildman–Crippen LogP) is 1.79. The Morgan fingerprint density at radius 2 is 1.75 bits per heavy atom. The van der Waals surface area contributed by atoms with Crippen molar-refractivity contribution in [3.05, 3.63) is 53.9 Å². The van der Waals surface area contributed by atoms with Gasteiger partial charge in [-0.3, -0.25) is 9.78 Å². The molecule has 148 valence electrons. The highest BCUT2D eigenvalue weighted by molar-refractivity contribution is 7.89. The van der Waals surface area contributed by atoms with Gasteiger partial charge in [0.05, 0.1) is 4.90 Å². The van der Waals surface area contributed by atoms with E-state index in [2.05, 4.69) is 14.6 Å². The lowest BCUT2D eigenvalue weighted by Gasteiger charge is -2.36. The Hall–Kier alpha value is -2.45. The average Bonchev–Trinajstić information content (AvgIpc) is 3.52. The van der Waals surface area contributed by atoms with Gasteiger partial charge < -0.3 is 9.80 Å². The van der Waals surface area contributed by atoms with Gasteiger partial charge in [0.15, 0.2) is 0 Å². The number of nitrogens with one attached hydrogen (secondary N) is 1. The molecule has 2 aliphatic rings. The Kier molecular flexibility index (Phi) is 5.07. The summed E-state index contributed by atoms with van der Waals surface area (Å²) in [7, 11) is -3.58. The molecule has 1 N–H and O–H groups in total. The summed E-state index contributed by atoms with van der Waals surface area (Å²) in [6.07, 6.45) is 5.27. The molecule has 1 aliphatic heterocycles. The summed E-state index contributed by atoms with van der Waals surface area (Å²) >= 11 is 0. The zero-order valence-corrected chi connectivity index (χ0v) is 16.7. The van der Waals surface area contributed by atoms with Crippen LogP contribution >= 0.6 is 0 Å². The van der Waals surface area contributed by atoms with E-state index in [1.165, 1.54) is 6.07 Å². The van der Waals surface area contributed by atoms with Crippen molar-refractivity contribution in [2.75, 3.05) is 31.1 Å². The smallest absolute Gasteiger partial charge is 0.254 e. The van der Waals surface area contributed by atoms with Crippen molar-refractivity contribution in [1.82, 2.24) is 14.6 Å². The number of aromatic nitrogens is 1. The van der Waals surface area contributed by atoms with Crippen LogP contribution in [0.1, 0.15) is 28.8 Å². The minimum atomic E-state index is -3.58. The molecule has 2 aromatic rings. The lowest BCUT2D eigenvalue weighted by molar-refractivity contribution is 0.0746. The number of hydrogen-bond donors (Lipinski definition) is 1. The second-order valence-corrected chi connectivity index (χ2v) is 9.07. The van der Waals surface area contributed by atoms with E-state index in [9.17, 15) is 13.2 Å². The number of anilines is 1. The largest absolute Gasteiger partial charge is 0.368 e. The van der Waals surface area contributed by atoms with Crippen LogP contribution in [-0.2, 0) is 10.0 Å². The summed E-state index contributed by atoms with van der Waals surface area (Å²) < 4.78 is 27.7. The molecule has 1 amide bonds. The van der Waals surface area contributed by atoms with Crippen LogP contribution in [0.15, 0.2) is 47.6 Å². The lowest BCUT2D eigenvalue weighted by Crippen LogP contribution is -2.49. The Labute approximate surface area is 165 Å². The third kappa shape index (κ3) is 4.02. The third-order valence-electron chi connectivity index (χ3n) is 5.24. The molecule has 28 heavy (non-hydrogen) atoms. The van der Waals surface area contributed by atoms with Crippen molar-refractivity contribution in [1.29, 1.82) is 0 Å². The van der Waals surface area contributed by atoms with Gasteiger partial charge in [0.2, 0.25) is 10.0 Å². The molecule has 8 heteroatoms. The molecule has 2 heterocycles. The SMILES string of the molecule is Cc1ccc(S(=O)(=O)NC2CC2)cc1C(=O)N1CCN(c2ccncc2)CC1. The van der Waals surface area contributed by atoms with Gasteiger partial charge in [0.25, 0.3) is 5.91 Å². The van der Waals surface area contributed by atoms with Crippen molar-refractivity contribution < 1.29 is 13.2 Å². The van der Waals surface area contributed by atoms with Crippen LogP contribution in [0.4, 0.5) is 5.69 Å². The lowest BCUT2D eigenvalue weighted by atomic mass is 10.1. The predicted molar refractivity (Wildman–Crippen MR) is 107 cm³/mol. The van der Waals surface area contributed by atoms with Crippen molar-refractivity contribution >= 4 is 21.6 Å². The average molecular weight is 401 g/mol. The van der Waals surface area contributed by atoms with Crippen LogP contribution < -0.4 is 9.62 Å². The highest BCUT2D eigenvalue weighted by Gasteiger charge is 2.29.